The molecule has 23 heavy (non-hydrogen) atoms. The van der Waals surface area contributed by atoms with E-state index in [4.69, 9.17) is 4.74 Å². The van der Waals surface area contributed by atoms with E-state index in [1.165, 1.54) is 0 Å². The zero-order valence-corrected chi connectivity index (χ0v) is 12.7. The number of rotatable bonds is 5. The first-order valence-electron chi connectivity index (χ1n) is 7.18. The average molecular weight is 304 g/mol. The van der Waals surface area contributed by atoms with Crippen LogP contribution in [0.25, 0.3) is 11.4 Å². The predicted octanol–water partition coefficient (Wildman–Crippen LogP) is 3.60. The molecule has 1 heterocycles. The van der Waals surface area contributed by atoms with Crippen LogP contribution in [0.1, 0.15) is 5.56 Å². The van der Waals surface area contributed by atoms with Gasteiger partial charge in [-0.25, -0.2) is 4.98 Å². The van der Waals surface area contributed by atoms with Crippen LogP contribution in [-0.2, 0) is 0 Å². The zero-order chi connectivity index (χ0) is 15.9. The van der Waals surface area contributed by atoms with E-state index < -0.39 is 0 Å². The molecule has 0 aliphatic heterocycles. The van der Waals surface area contributed by atoms with Crippen molar-refractivity contribution in [1.82, 2.24) is 9.97 Å². The lowest BCUT2D eigenvalue weighted by Crippen LogP contribution is -1.99. The lowest BCUT2D eigenvalue weighted by Gasteiger charge is -2.06. The van der Waals surface area contributed by atoms with Gasteiger partial charge in [0.2, 0.25) is 5.88 Å². The molecule has 0 bridgehead atoms. The quantitative estimate of drug-likeness (QED) is 0.578. The SMILES string of the molecule is COc1cc(NN=Cc2ccccc2)nc(-c2ccccc2)n1. The highest BCUT2D eigenvalue weighted by Crippen LogP contribution is 2.21. The Morgan fingerprint density at radius 1 is 0.957 bits per heavy atom. The monoisotopic (exact) mass is 304 g/mol. The third kappa shape index (κ3) is 3.91. The largest absolute Gasteiger partial charge is 0.481 e. The van der Waals surface area contributed by atoms with Gasteiger partial charge < -0.3 is 4.74 Å². The second-order valence-electron chi connectivity index (χ2n) is 4.77. The summed E-state index contributed by atoms with van der Waals surface area (Å²) in [5, 5.41) is 4.20. The summed E-state index contributed by atoms with van der Waals surface area (Å²) in [5.41, 5.74) is 4.84. The van der Waals surface area contributed by atoms with Crippen LogP contribution in [0.2, 0.25) is 0 Å². The van der Waals surface area contributed by atoms with Crippen LogP contribution >= 0.6 is 0 Å². The fraction of sp³-hybridized carbons (Fsp3) is 0.0556. The number of benzene rings is 2. The van der Waals surface area contributed by atoms with Gasteiger partial charge in [-0.05, 0) is 5.56 Å². The maximum Gasteiger partial charge on any atom is 0.218 e. The second-order valence-corrected chi connectivity index (χ2v) is 4.77. The number of hydrazone groups is 1. The number of methoxy groups -OCH3 is 1. The molecule has 2 aromatic carbocycles. The molecule has 0 saturated heterocycles. The standard InChI is InChI=1S/C18H16N4O/c1-23-17-12-16(22-19-13-14-8-4-2-5-9-14)20-18(21-17)15-10-6-3-7-11-15/h2-13H,1H3,(H,20,21,22). The van der Waals surface area contributed by atoms with Gasteiger partial charge in [-0.3, -0.25) is 5.43 Å². The van der Waals surface area contributed by atoms with Crippen molar-refractivity contribution in [3.8, 4) is 17.3 Å². The van der Waals surface area contributed by atoms with Crippen molar-refractivity contribution in [2.45, 2.75) is 0 Å². The third-order valence-electron chi connectivity index (χ3n) is 3.14. The summed E-state index contributed by atoms with van der Waals surface area (Å²) in [5.74, 6) is 1.64. The molecule has 5 heteroatoms. The Balaban J connectivity index is 1.83. The highest BCUT2D eigenvalue weighted by atomic mass is 16.5. The molecule has 0 saturated carbocycles. The molecule has 0 aliphatic rings. The summed E-state index contributed by atoms with van der Waals surface area (Å²) < 4.78 is 5.24. The van der Waals surface area contributed by atoms with Gasteiger partial charge in [-0.2, -0.15) is 10.1 Å². The molecule has 0 unspecified atom stereocenters. The van der Waals surface area contributed by atoms with Gasteiger partial charge in [0.25, 0.3) is 0 Å². The summed E-state index contributed by atoms with van der Waals surface area (Å²) in [6.07, 6.45) is 1.73. The summed E-state index contributed by atoms with van der Waals surface area (Å²) in [6.45, 7) is 0. The van der Waals surface area contributed by atoms with Crippen LogP contribution in [-0.4, -0.2) is 23.3 Å². The van der Waals surface area contributed by atoms with Crippen molar-refractivity contribution in [2.24, 2.45) is 5.10 Å². The highest BCUT2D eigenvalue weighted by molar-refractivity contribution is 5.79. The maximum absolute atomic E-state index is 5.24. The molecular formula is C18H16N4O. The Kier molecular flexibility index (Phi) is 4.59. The fourth-order valence-electron chi connectivity index (χ4n) is 2.02. The van der Waals surface area contributed by atoms with Gasteiger partial charge in [0.05, 0.1) is 13.3 Å². The van der Waals surface area contributed by atoms with Crippen LogP contribution in [0.5, 0.6) is 5.88 Å². The number of hydrogen-bond donors (Lipinski definition) is 1. The molecule has 0 fully saturated rings. The molecule has 5 nitrogen and oxygen atoms in total. The van der Waals surface area contributed by atoms with Crippen LogP contribution < -0.4 is 10.2 Å². The third-order valence-corrected chi connectivity index (χ3v) is 3.14. The number of aromatic nitrogens is 2. The van der Waals surface area contributed by atoms with Crippen LogP contribution in [0.15, 0.2) is 71.8 Å². The van der Waals surface area contributed by atoms with Crippen LogP contribution in [0.4, 0.5) is 5.82 Å². The lowest BCUT2D eigenvalue weighted by molar-refractivity contribution is 0.398. The Labute approximate surface area is 134 Å². The van der Waals surface area contributed by atoms with Crippen LogP contribution in [0, 0.1) is 0 Å². The Hall–Kier alpha value is -3.21. The summed E-state index contributed by atoms with van der Waals surface area (Å²) >= 11 is 0. The first kappa shape index (κ1) is 14.7. The zero-order valence-electron chi connectivity index (χ0n) is 12.7. The van der Waals surface area contributed by atoms with E-state index in [0.29, 0.717) is 17.5 Å². The topological polar surface area (TPSA) is 59.4 Å². The molecule has 1 aromatic heterocycles. The van der Waals surface area contributed by atoms with Gasteiger partial charge in [0, 0.05) is 11.6 Å². The number of nitrogens with one attached hydrogen (secondary N) is 1. The molecule has 114 valence electrons. The number of anilines is 1. The van der Waals surface area contributed by atoms with Crippen molar-refractivity contribution in [3.63, 3.8) is 0 Å². The molecule has 0 amide bonds. The molecule has 0 radical (unpaired) electrons. The van der Waals surface area contributed by atoms with E-state index in [0.717, 1.165) is 11.1 Å². The predicted molar refractivity (Wildman–Crippen MR) is 91.7 cm³/mol. The Morgan fingerprint density at radius 2 is 1.65 bits per heavy atom. The molecule has 3 aromatic rings. The second kappa shape index (κ2) is 7.17. The van der Waals surface area contributed by atoms with Gasteiger partial charge in [0.1, 0.15) is 0 Å². The normalized spacial score (nSPS) is 10.7. The van der Waals surface area contributed by atoms with Crippen molar-refractivity contribution in [3.05, 3.63) is 72.3 Å². The minimum absolute atomic E-state index is 0.483. The van der Waals surface area contributed by atoms with Gasteiger partial charge in [-0.1, -0.05) is 60.7 Å². The Morgan fingerprint density at radius 3 is 2.35 bits per heavy atom. The first-order chi connectivity index (χ1) is 11.3. The van der Waals surface area contributed by atoms with Crippen molar-refractivity contribution in [1.29, 1.82) is 0 Å². The van der Waals surface area contributed by atoms with Gasteiger partial charge >= 0.3 is 0 Å². The average Bonchev–Trinajstić information content (AvgIpc) is 2.63. The molecule has 1 N–H and O–H groups in total. The lowest BCUT2D eigenvalue weighted by atomic mass is 10.2. The number of ether oxygens (including phenoxy) is 1. The molecule has 0 atom stereocenters. The minimum atomic E-state index is 0.483. The maximum atomic E-state index is 5.24. The van der Waals surface area contributed by atoms with Crippen LogP contribution in [0.3, 0.4) is 0 Å². The van der Waals surface area contributed by atoms with E-state index in [1.807, 2.05) is 60.7 Å². The number of nitrogens with zero attached hydrogens (tertiary/aromatic N) is 3. The highest BCUT2D eigenvalue weighted by Gasteiger charge is 2.06. The van der Waals surface area contributed by atoms with Gasteiger partial charge in [-0.15, -0.1) is 0 Å². The summed E-state index contributed by atoms with van der Waals surface area (Å²) in [4.78, 5) is 8.83. The van der Waals surface area contributed by atoms with Crippen molar-refractivity contribution < 1.29 is 4.74 Å². The molecular weight excluding hydrogens is 288 g/mol. The minimum Gasteiger partial charge on any atom is -0.481 e. The Bertz CT molecular complexity index is 789. The van der Waals surface area contributed by atoms with Crippen molar-refractivity contribution >= 4 is 12.0 Å². The first-order valence-corrected chi connectivity index (χ1v) is 7.18. The van der Waals surface area contributed by atoms with E-state index in [9.17, 15) is 0 Å². The van der Waals surface area contributed by atoms with E-state index in [1.54, 1.807) is 19.4 Å². The molecule has 0 spiro atoms. The van der Waals surface area contributed by atoms with Crippen molar-refractivity contribution in [2.75, 3.05) is 12.5 Å². The summed E-state index contributed by atoms with van der Waals surface area (Å²) in [7, 11) is 1.58. The molecule has 3 rings (SSSR count). The van der Waals surface area contributed by atoms with E-state index in [-0.39, 0.29) is 0 Å². The van der Waals surface area contributed by atoms with E-state index >= 15 is 0 Å². The number of hydrogen-bond acceptors (Lipinski definition) is 5. The van der Waals surface area contributed by atoms with E-state index in [2.05, 4.69) is 20.5 Å². The summed E-state index contributed by atoms with van der Waals surface area (Å²) in [6, 6.07) is 21.3. The smallest absolute Gasteiger partial charge is 0.218 e. The molecule has 0 aliphatic carbocycles. The van der Waals surface area contributed by atoms with Gasteiger partial charge in [0.15, 0.2) is 11.6 Å². The fourth-order valence-corrected chi connectivity index (χ4v) is 2.02.